The van der Waals surface area contributed by atoms with E-state index in [1.807, 2.05) is 0 Å². The molecular weight excluding hydrogens is 352 g/mol. The Morgan fingerprint density at radius 2 is 1.37 bits per heavy atom. The summed E-state index contributed by atoms with van der Waals surface area (Å²) in [6.07, 6.45) is 0.0467. The van der Waals surface area contributed by atoms with Crippen molar-refractivity contribution >= 4 is 11.8 Å². The Labute approximate surface area is 155 Å². The van der Waals surface area contributed by atoms with E-state index in [0.717, 1.165) is 5.56 Å². The van der Waals surface area contributed by atoms with Crippen molar-refractivity contribution in [2.45, 2.75) is 6.42 Å². The van der Waals surface area contributed by atoms with Gasteiger partial charge in [0.2, 0.25) is 0 Å². The normalized spacial score (nSPS) is 14.4. The molecule has 0 bridgehead atoms. The number of Topliss-reactive ketones (excluding diaryl/α,β-unsaturated/α-hetero) is 1. The van der Waals surface area contributed by atoms with Crippen LogP contribution in [0.3, 0.4) is 0 Å². The van der Waals surface area contributed by atoms with Crippen LogP contribution in [0.1, 0.15) is 15.9 Å². The van der Waals surface area contributed by atoms with Crippen molar-refractivity contribution in [3.05, 3.63) is 47.5 Å². The number of fused-ring (bicyclic) bond motifs is 2. The maximum Gasteiger partial charge on any atom is 0.310 e. The Balaban J connectivity index is 1.33. The van der Waals surface area contributed by atoms with Gasteiger partial charge in [-0.2, -0.15) is 0 Å². The van der Waals surface area contributed by atoms with Crippen LogP contribution in [-0.2, 0) is 16.0 Å². The summed E-state index contributed by atoms with van der Waals surface area (Å²) in [5.74, 6) is 1.61. The number of hydrogen-bond donors (Lipinski definition) is 0. The molecule has 0 aromatic heterocycles. The maximum absolute atomic E-state index is 12.3. The summed E-state index contributed by atoms with van der Waals surface area (Å²) >= 11 is 0. The highest BCUT2D eigenvalue weighted by Gasteiger charge is 2.17. The van der Waals surface area contributed by atoms with Crippen LogP contribution in [0.25, 0.3) is 0 Å². The molecule has 2 heterocycles. The number of carbonyl (C=O) groups is 2. The standard InChI is InChI=1S/C20H18O7/c21-15(14-2-4-17-19(11-14)26-8-6-24-17)12-27-20(22)10-13-1-3-16-18(9-13)25-7-5-23-16/h1-4,9,11H,5-8,10,12H2. The zero-order valence-electron chi connectivity index (χ0n) is 14.6. The van der Waals surface area contributed by atoms with Crippen molar-refractivity contribution in [3.63, 3.8) is 0 Å². The summed E-state index contributed by atoms with van der Waals surface area (Å²) in [5, 5.41) is 0. The monoisotopic (exact) mass is 370 g/mol. The Hall–Kier alpha value is -3.22. The van der Waals surface area contributed by atoms with Crippen molar-refractivity contribution in [1.82, 2.24) is 0 Å². The molecule has 0 radical (unpaired) electrons. The number of ketones is 1. The van der Waals surface area contributed by atoms with Crippen LogP contribution in [0.4, 0.5) is 0 Å². The van der Waals surface area contributed by atoms with E-state index in [9.17, 15) is 9.59 Å². The fourth-order valence-electron chi connectivity index (χ4n) is 2.86. The van der Waals surface area contributed by atoms with Crippen molar-refractivity contribution in [2.75, 3.05) is 33.0 Å². The summed E-state index contributed by atoms with van der Waals surface area (Å²) in [5.41, 5.74) is 1.14. The molecule has 0 aliphatic carbocycles. The first-order valence-electron chi connectivity index (χ1n) is 8.66. The number of benzene rings is 2. The number of esters is 1. The molecule has 0 fully saturated rings. The van der Waals surface area contributed by atoms with E-state index >= 15 is 0 Å². The average molecular weight is 370 g/mol. The van der Waals surface area contributed by atoms with Crippen LogP contribution in [0.5, 0.6) is 23.0 Å². The van der Waals surface area contributed by atoms with E-state index in [2.05, 4.69) is 0 Å². The van der Waals surface area contributed by atoms with E-state index in [1.165, 1.54) is 0 Å². The largest absolute Gasteiger partial charge is 0.486 e. The second kappa shape index (κ2) is 7.57. The smallest absolute Gasteiger partial charge is 0.310 e. The Bertz CT molecular complexity index is 875. The number of ether oxygens (including phenoxy) is 5. The third kappa shape index (κ3) is 3.97. The molecule has 7 nitrogen and oxygen atoms in total. The first kappa shape index (κ1) is 17.2. The Morgan fingerprint density at radius 1 is 0.778 bits per heavy atom. The van der Waals surface area contributed by atoms with E-state index in [0.29, 0.717) is 55.0 Å². The van der Waals surface area contributed by atoms with Crippen molar-refractivity contribution in [2.24, 2.45) is 0 Å². The average Bonchev–Trinajstić information content (AvgIpc) is 2.71. The van der Waals surface area contributed by atoms with Gasteiger partial charge in [-0.05, 0) is 35.9 Å². The topological polar surface area (TPSA) is 80.3 Å². The lowest BCUT2D eigenvalue weighted by atomic mass is 10.1. The van der Waals surface area contributed by atoms with Gasteiger partial charge in [0, 0.05) is 5.56 Å². The van der Waals surface area contributed by atoms with E-state index in [4.69, 9.17) is 23.7 Å². The Morgan fingerprint density at radius 3 is 2.07 bits per heavy atom. The predicted octanol–water partition coefficient (Wildman–Crippen LogP) is 2.20. The lowest BCUT2D eigenvalue weighted by molar-refractivity contribution is -0.141. The lowest BCUT2D eigenvalue weighted by Crippen LogP contribution is -2.18. The molecule has 0 unspecified atom stereocenters. The van der Waals surface area contributed by atoms with Gasteiger partial charge in [0.05, 0.1) is 6.42 Å². The highest BCUT2D eigenvalue weighted by molar-refractivity contribution is 5.98. The van der Waals surface area contributed by atoms with Gasteiger partial charge in [0.25, 0.3) is 0 Å². The van der Waals surface area contributed by atoms with Gasteiger partial charge in [0.15, 0.2) is 35.4 Å². The lowest BCUT2D eigenvalue weighted by Gasteiger charge is -2.19. The molecule has 140 valence electrons. The predicted molar refractivity (Wildman–Crippen MR) is 93.9 cm³/mol. The summed E-state index contributed by atoms with van der Waals surface area (Å²) in [7, 11) is 0. The van der Waals surface area contributed by atoms with Gasteiger partial charge in [-0.15, -0.1) is 0 Å². The molecule has 2 aromatic carbocycles. The minimum absolute atomic E-state index is 0.0467. The van der Waals surface area contributed by atoms with Crippen molar-refractivity contribution in [3.8, 4) is 23.0 Å². The molecule has 27 heavy (non-hydrogen) atoms. The van der Waals surface area contributed by atoms with Crippen molar-refractivity contribution < 1.29 is 33.3 Å². The molecule has 0 saturated carbocycles. The number of carbonyl (C=O) groups excluding carboxylic acids is 2. The van der Waals surface area contributed by atoms with Crippen LogP contribution < -0.4 is 18.9 Å². The summed E-state index contributed by atoms with van der Waals surface area (Å²) in [4.78, 5) is 24.3. The zero-order chi connectivity index (χ0) is 18.6. The summed E-state index contributed by atoms with van der Waals surface area (Å²) in [6.45, 7) is 1.58. The van der Waals surface area contributed by atoms with Crippen LogP contribution >= 0.6 is 0 Å². The van der Waals surface area contributed by atoms with E-state index < -0.39 is 5.97 Å². The van der Waals surface area contributed by atoms with Gasteiger partial charge in [-0.3, -0.25) is 9.59 Å². The maximum atomic E-state index is 12.3. The molecule has 4 rings (SSSR count). The molecule has 2 aliphatic heterocycles. The van der Waals surface area contributed by atoms with Crippen molar-refractivity contribution in [1.29, 1.82) is 0 Å². The number of hydrogen-bond acceptors (Lipinski definition) is 7. The SMILES string of the molecule is O=C(Cc1ccc2c(c1)OCCO2)OCC(=O)c1ccc2c(c1)OCCO2. The molecule has 7 heteroatoms. The minimum Gasteiger partial charge on any atom is -0.486 e. The number of rotatable bonds is 5. The summed E-state index contributed by atoms with van der Waals surface area (Å²) in [6, 6.07) is 10.2. The highest BCUT2D eigenvalue weighted by Crippen LogP contribution is 2.32. The molecule has 0 amide bonds. The second-order valence-electron chi connectivity index (χ2n) is 6.10. The van der Waals surface area contributed by atoms with Gasteiger partial charge in [-0.25, -0.2) is 0 Å². The van der Waals surface area contributed by atoms with Crippen LogP contribution in [0, 0.1) is 0 Å². The van der Waals surface area contributed by atoms with Crippen LogP contribution in [-0.4, -0.2) is 44.8 Å². The molecule has 0 saturated heterocycles. The molecular formula is C20H18O7. The molecule has 0 atom stereocenters. The van der Waals surface area contributed by atoms with Crippen LogP contribution in [0.15, 0.2) is 36.4 Å². The third-order valence-corrected chi connectivity index (χ3v) is 4.18. The highest BCUT2D eigenvalue weighted by atomic mass is 16.6. The molecule has 2 aromatic rings. The fraction of sp³-hybridized carbons (Fsp3) is 0.300. The quantitative estimate of drug-likeness (QED) is 0.590. The van der Waals surface area contributed by atoms with Gasteiger partial charge < -0.3 is 23.7 Å². The molecule has 0 N–H and O–H groups in total. The van der Waals surface area contributed by atoms with Crippen LogP contribution in [0.2, 0.25) is 0 Å². The zero-order valence-corrected chi connectivity index (χ0v) is 14.6. The Kier molecular flexibility index (Phi) is 4.82. The van der Waals surface area contributed by atoms with Gasteiger partial charge >= 0.3 is 5.97 Å². The molecule has 2 aliphatic rings. The van der Waals surface area contributed by atoms with Gasteiger partial charge in [0.1, 0.15) is 26.4 Å². The second-order valence-corrected chi connectivity index (χ2v) is 6.10. The minimum atomic E-state index is -0.488. The first-order valence-corrected chi connectivity index (χ1v) is 8.66. The van der Waals surface area contributed by atoms with E-state index in [1.54, 1.807) is 36.4 Å². The molecule has 0 spiro atoms. The fourth-order valence-corrected chi connectivity index (χ4v) is 2.86. The van der Waals surface area contributed by atoms with Gasteiger partial charge in [-0.1, -0.05) is 6.07 Å². The van der Waals surface area contributed by atoms with E-state index in [-0.39, 0.29) is 18.8 Å². The summed E-state index contributed by atoms with van der Waals surface area (Å²) < 4.78 is 26.9. The first-order chi connectivity index (χ1) is 13.2. The third-order valence-electron chi connectivity index (χ3n) is 4.18.